The molecule has 0 radical (unpaired) electrons. The minimum atomic E-state index is -0.103. The van der Waals surface area contributed by atoms with Crippen LogP contribution in [0.4, 0.5) is 0 Å². The number of fused-ring (bicyclic) bond motifs is 1. The van der Waals surface area contributed by atoms with E-state index in [1.54, 1.807) is 12.1 Å². The summed E-state index contributed by atoms with van der Waals surface area (Å²) < 4.78 is 21.4. The first kappa shape index (κ1) is 11.6. The van der Waals surface area contributed by atoms with Crippen LogP contribution in [0, 0.1) is 5.92 Å². The van der Waals surface area contributed by atoms with E-state index in [4.69, 9.17) is 18.9 Å². The van der Waals surface area contributed by atoms with Crippen molar-refractivity contribution in [2.75, 3.05) is 20.2 Å². The summed E-state index contributed by atoms with van der Waals surface area (Å²) >= 11 is 0. The third kappa shape index (κ3) is 2.52. The summed E-state index contributed by atoms with van der Waals surface area (Å²) in [6, 6.07) is 3.47. The summed E-state index contributed by atoms with van der Waals surface area (Å²) in [4.78, 5) is 0. The fourth-order valence-electron chi connectivity index (χ4n) is 1.83. The van der Waals surface area contributed by atoms with E-state index in [2.05, 4.69) is 0 Å². The van der Waals surface area contributed by atoms with Gasteiger partial charge in [-0.3, -0.25) is 0 Å². The first-order valence-electron chi connectivity index (χ1n) is 6.10. The van der Waals surface area contributed by atoms with Crippen molar-refractivity contribution in [2.24, 2.45) is 5.92 Å². The lowest BCUT2D eigenvalue weighted by Crippen LogP contribution is -2.06. The fraction of sp³-hybridized carbons (Fsp3) is 0.538. The Balaban J connectivity index is 1.62. The second kappa shape index (κ2) is 5.04. The summed E-state index contributed by atoms with van der Waals surface area (Å²) in [5.41, 5.74) is 0.675. The SMILES string of the molecule is OCc1cc2c(cc1OCOCC1CC1)OCO2. The third-order valence-electron chi connectivity index (χ3n) is 3.07. The highest BCUT2D eigenvalue weighted by atomic mass is 16.7. The van der Waals surface area contributed by atoms with E-state index in [1.165, 1.54) is 12.8 Å². The maximum Gasteiger partial charge on any atom is 0.231 e. The minimum absolute atomic E-state index is 0.103. The van der Waals surface area contributed by atoms with Gasteiger partial charge in [0.2, 0.25) is 6.79 Å². The van der Waals surface area contributed by atoms with Crippen LogP contribution in [0.2, 0.25) is 0 Å². The van der Waals surface area contributed by atoms with Crippen molar-refractivity contribution in [1.29, 1.82) is 0 Å². The van der Waals surface area contributed by atoms with Gasteiger partial charge < -0.3 is 24.1 Å². The van der Waals surface area contributed by atoms with Crippen LogP contribution >= 0.6 is 0 Å². The molecule has 1 N–H and O–H groups in total. The molecule has 0 amide bonds. The number of benzene rings is 1. The van der Waals surface area contributed by atoms with Gasteiger partial charge >= 0.3 is 0 Å². The Bertz CT molecular complexity index is 428. The number of ether oxygens (including phenoxy) is 4. The van der Waals surface area contributed by atoms with Crippen LogP contribution in [0.15, 0.2) is 12.1 Å². The number of aliphatic hydroxyl groups excluding tert-OH is 1. The summed E-state index contributed by atoms with van der Waals surface area (Å²) in [5.74, 6) is 2.58. The zero-order chi connectivity index (χ0) is 12.4. The molecule has 1 saturated carbocycles. The molecule has 1 aromatic rings. The van der Waals surface area contributed by atoms with Crippen molar-refractivity contribution in [3.05, 3.63) is 17.7 Å². The molecular weight excluding hydrogens is 236 g/mol. The van der Waals surface area contributed by atoms with Gasteiger partial charge in [-0.05, 0) is 24.8 Å². The molecule has 1 aromatic carbocycles. The normalized spacial score (nSPS) is 16.9. The van der Waals surface area contributed by atoms with Crippen LogP contribution in [0.1, 0.15) is 18.4 Å². The fourth-order valence-corrected chi connectivity index (χ4v) is 1.83. The molecular formula is C13H16O5. The molecule has 0 saturated heterocycles. The van der Waals surface area contributed by atoms with Gasteiger partial charge in [0.1, 0.15) is 5.75 Å². The summed E-state index contributed by atoms with van der Waals surface area (Å²) in [6.45, 7) is 1.05. The highest BCUT2D eigenvalue weighted by Gasteiger charge is 2.21. The molecule has 5 nitrogen and oxygen atoms in total. The topological polar surface area (TPSA) is 57.2 Å². The van der Waals surface area contributed by atoms with Crippen molar-refractivity contribution >= 4 is 0 Å². The molecule has 5 heteroatoms. The largest absolute Gasteiger partial charge is 0.467 e. The number of hydrogen-bond donors (Lipinski definition) is 1. The van der Waals surface area contributed by atoms with Gasteiger partial charge in [-0.15, -0.1) is 0 Å². The average molecular weight is 252 g/mol. The lowest BCUT2D eigenvalue weighted by Gasteiger charge is -2.11. The van der Waals surface area contributed by atoms with E-state index < -0.39 is 0 Å². The zero-order valence-corrected chi connectivity index (χ0v) is 10.1. The van der Waals surface area contributed by atoms with Crippen LogP contribution in [0.5, 0.6) is 17.2 Å². The zero-order valence-electron chi connectivity index (χ0n) is 10.1. The lowest BCUT2D eigenvalue weighted by atomic mass is 10.2. The highest BCUT2D eigenvalue weighted by Crippen LogP contribution is 2.38. The second-order valence-electron chi connectivity index (χ2n) is 4.55. The monoisotopic (exact) mass is 252 g/mol. The molecule has 0 spiro atoms. The molecule has 3 rings (SSSR count). The van der Waals surface area contributed by atoms with Crippen LogP contribution in [-0.2, 0) is 11.3 Å². The molecule has 98 valence electrons. The van der Waals surface area contributed by atoms with Crippen molar-refractivity contribution in [1.82, 2.24) is 0 Å². The second-order valence-corrected chi connectivity index (χ2v) is 4.55. The summed E-state index contributed by atoms with van der Waals surface area (Å²) in [6.07, 6.45) is 2.51. The maximum absolute atomic E-state index is 9.29. The Morgan fingerprint density at radius 1 is 1.22 bits per heavy atom. The predicted octanol–water partition coefficient (Wildman–Crippen LogP) is 1.67. The van der Waals surface area contributed by atoms with Crippen LogP contribution < -0.4 is 14.2 Å². The van der Waals surface area contributed by atoms with Crippen LogP contribution in [0.25, 0.3) is 0 Å². The van der Waals surface area contributed by atoms with Gasteiger partial charge in [-0.2, -0.15) is 0 Å². The Morgan fingerprint density at radius 3 is 2.72 bits per heavy atom. The van der Waals surface area contributed by atoms with Crippen molar-refractivity contribution < 1.29 is 24.1 Å². The highest BCUT2D eigenvalue weighted by molar-refractivity contribution is 5.51. The molecule has 1 aliphatic heterocycles. The van der Waals surface area contributed by atoms with Crippen LogP contribution in [-0.4, -0.2) is 25.3 Å². The summed E-state index contributed by atoms with van der Waals surface area (Å²) in [5, 5.41) is 9.29. The molecule has 0 bridgehead atoms. The van der Waals surface area contributed by atoms with E-state index in [-0.39, 0.29) is 20.2 Å². The quantitative estimate of drug-likeness (QED) is 0.616. The van der Waals surface area contributed by atoms with E-state index in [9.17, 15) is 5.11 Å². The Labute approximate surface area is 105 Å². The first-order chi connectivity index (χ1) is 8.86. The van der Waals surface area contributed by atoms with Gasteiger partial charge in [0, 0.05) is 11.6 Å². The molecule has 18 heavy (non-hydrogen) atoms. The van der Waals surface area contributed by atoms with E-state index in [0.717, 1.165) is 6.61 Å². The smallest absolute Gasteiger partial charge is 0.231 e. The van der Waals surface area contributed by atoms with E-state index in [0.29, 0.717) is 28.7 Å². The van der Waals surface area contributed by atoms with Gasteiger partial charge in [0.25, 0.3) is 0 Å². The van der Waals surface area contributed by atoms with Gasteiger partial charge in [0.05, 0.1) is 13.2 Å². The van der Waals surface area contributed by atoms with Crippen molar-refractivity contribution in [2.45, 2.75) is 19.4 Å². The van der Waals surface area contributed by atoms with Gasteiger partial charge in [0.15, 0.2) is 18.3 Å². The first-order valence-corrected chi connectivity index (χ1v) is 6.10. The van der Waals surface area contributed by atoms with Gasteiger partial charge in [-0.25, -0.2) is 0 Å². The van der Waals surface area contributed by atoms with Crippen LogP contribution in [0.3, 0.4) is 0 Å². The van der Waals surface area contributed by atoms with E-state index >= 15 is 0 Å². The van der Waals surface area contributed by atoms with Crippen molar-refractivity contribution in [3.63, 3.8) is 0 Å². The Kier molecular flexibility index (Phi) is 3.25. The average Bonchev–Trinajstić information content (AvgIpc) is 3.10. The number of rotatable bonds is 6. The van der Waals surface area contributed by atoms with E-state index in [1.807, 2.05) is 0 Å². The predicted molar refractivity (Wildman–Crippen MR) is 62.7 cm³/mol. The maximum atomic E-state index is 9.29. The molecule has 1 aliphatic carbocycles. The molecule has 0 atom stereocenters. The Morgan fingerprint density at radius 2 is 2.00 bits per heavy atom. The van der Waals surface area contributed by atoms with Gasteiger partial charge in [-0.1, -0.05) is 0 Å². The summed E-state index contributed by atoms with van der Waals surface area (Å²) in [7, 11) is 0. The number of aliphatic hydroxyl groups is 1. The molecule has 2 aliphatic rings. The third-order valence-corrected chi connectivity index (χ3v) is 3.07. The standard InChI is InChI=1S/C13H16O5/c14-5-10-3-12-13(18-8-17-12)4-11(10)16-7-15-6-9-1-2-9/h3-4,9,14H,1-2,5-8H2. The number of hydrogen-bond acceptors (Lipinski definition) is 5. The Hall–Kier alpha value is -1.46. The molecule has 0 aromatic heterocycles. The van der Waals surface area contributed by atoms with Crippen molar-refractivity contribution in [3.8, 4) is 17.2 Å². The molecule has 0 unspecified atom stereocenters. The molecule has 1 fully saturated rings. The molecule has 1 heterocycles. The lowest BCUT2D eigenvalue weighted by molar-refractivity contribution is 0.00883. The minimum Gasteiger partial charge on any atom is -0.467 e.